The molecule has 19 heavy (non-hydrogen) atoms. The van der Waals surface area contributed by atoms with E-state index in [4.69, 9.17) is 10.6 Å². The van der Waals surface area contributed by atoms with Crippen molar-refractivity contribution in [3.63, 3.8) is 0 Å². The average Bonchev–Trinajstić information content (AvgIpc) is 2.41. The Morgan fingerprint density at radius 1 is 1.42 bits per heavy atom. The Kier molecular flexibility index (Phi) is 6.76. The summed E-state index contributed by atoms with van der Waals surface area (Å²) in [4.78, 5) is 19.9. The maximum absolute atomic E-state index is 11.8. The first kappa shape index (κ1) is 15.3. The molecule has 1 rings (SSSR count). The lowest BCUT2D eigenvalue weighted by molar-refractivity contribution is 0.0936. The lowest BCUT2D eigenvalue weighted by atomic mass is 10.3. The van der Waals surface area contributed by atoms with Crippen LogP contribution >= 0.6 is 0 Å². The minimum atomic E-state index is -0.238. The van der Waals surface area contributed by atoms with Gasteiger partial charge in [0.1, 0.15) is 5.69 Å². The smallest absolute Gasteiger partial charge is 0.270 e. The number of aryl methyl sites for hydroxylation is 1. The Balaban J connectivity index is 2.39. The van der Waals surface area contributed by atoms with Gasteiger partial charge in [-0.3, -0.25) is 10.2 Å². The highest BCUT2D eigenvalue weighted by atomic mass is 16.5. The Hall–Kier alpha value is -1.73. The van der Waals surface area contributed by atoms with Crippen LogP contribution in [0, 0.1) is 6.92 Å². The van der Waals surface area contributed by atoms with Gasteiger partial charge >= 0.3 is 0 Å². The van der Waals surface area contributed by atoms with Crippen LogP contribution in [0.1, 0.15) is 35.9 Å². The Morgan fingerprint density at radius 2 is 2.21 bits per heavy atom. The molecule has 0 fully saturated rings. The molecule has 0 spiro atoms. The summed E-state index contributed by atoms with van der Waals surface area (Å²) in [5.41, 5.74) is 3.31. The fraction of sp³-hybridized carbons (Fsp3) is 0.583. The van der Waals surface area contributed by atoms with Crippen molar-refractivity contribution in [2.45, 2.75) is 26.7 Å². The molecule has 0 atom stereocenters. The van der Waals surface area contributed by atoms with Crippen LogP contribution in [0.4, 0.5) is 5.95 Å². The number of hydrogen-bond acceptors (Lipinski definition) is 6. The number of aromatic nitrogens is 2. The second kappa shape index (κ2) is 8.39. The largest absolute Gasteiger partial charge is 0.381 e. The Morgan fingerprint density at radius 3 is 2.89 bits per heavy atom. The minimum absolute atomic E-state index is 0.233. The van der Waals surface area contributed by atoms with E-state index in [9.17, 15) is 4.79 Å². The number of amides is 1. The van der Waals surface area contributed by atoms with Crippen LogP contribution in [0.2, 0.25) is 0 Å². The predicted molar refractivity (Wildman–Crippen MR) is 72.6 cm³/mol. The van der Waals surface area contributed by atoms with E-state index in [1.54, 1.807) is 13.0 Å². The zero-order valence-electron chi connectivity index (χ0n) is 11.4. The van der Waals surface area contributed by atoms with Crippen LogP contribution in [0.25, 0.3) is 0 Å². The van der Waals surface area contributed by atoms with Gasteiger partial charge in [-0.2, -0.15) is 0 Å². The van der Waals surface area contributed by atoms with Crippen molar-refractivity contribution >= 4 is 11.9 Å². The van der Waals surface area contributed by atoms with E-state index in [1.807, 2.05) is 0 Å². The van der Waals surface area contributed by atoms with Gasteiger partial charge in [0, 0.05) is 25.5 Å². The summed E-state index contributed by atoms with van der Waals surface area (Å²) in [6.07, 6.45) is 1.78. The van der Waals surface area contributed by atoms with Crippen molar-refractivity contribution in [2.24, 2.45) is 5.84 Å². The first-order valence-corrected chi connectivity index (χ1v) is 6.35. The lowest BCUT2D eigenvalue weighted by Gasteiger charge is -2.07. The van der Waals surface area contributed by atoms with Gasteiger partial charge in [0.2, 0.25) is 5.95 Å². The first-order chi connectivity index (χ1) is 9.17. The molecule has 0 aliphatic heterocycles. The van der Waals surface area contributed by atoms with E-state index in [0.29, 0.717) is 24.5 Å². The summed E-state index contributed by atoms with van der Waals surface area (Å²) in [7, 11) is 0. The molecule has 1 amide bonds. The summed E-state index contributed by atoms with van der Waals surface area (Å²) < 4.78 is 5.32. The molecule has 4 N–H and O–H groups in total. The average molecular weight is 267 g/mol. The predicted octanol–water partition coefficient (Wildman–Crippen LogP) is 0.617. The van der Waals surface area contributed by atoms with E-state index in [-0.39, 0.29) is 11.9 Å². The van der Waals surface area contributed by atoms with Crippen molar-refractivity contribution in [3.05, 3.63) is 17.5 Å². The van der Waals surface area contributed by atoms with Gasteiger partial charge < -0.3 is 10.1 Å². The molecule has 0 saturated heterocycles. The summed E-state index contributed by atoms with van der Waals surface area (Å²) in [5.74, 6) is 5.23. The number of hydrazine groups is 1. The molecule has 0 radical (unpaired) electrons. The Bertz CT molecular complexity index is 411. The van der Waals surface area contributed by atoms with Gasteiger partial charge in [0.25, 0.3) is 5.91 Å². The summed E-state index contributed by atoms with van der Waals surface area (Å²) in [6, 6.07) is 1.61. The zero-order valence-corrected chi connectivity index (χ0v) is 11.4. The molecule has 0 bridgehead atoms. The van der Waals surface area contributed by atoms with E-state index >= 15 is 0 Å². The van der Waals surface area contributed by atoms with Crippen LogP contribution in [-0.2, 0) is 4.74 Å². The fourth-order valence-corrected chi connectivity index (χ4v) is 1.46. The molecular formula is C12H21N5O2. The molecular weight excluding hydrogens is 246 g/mol. The topological polar surface area (TPSA) is 102 Å². The molecule has 1 aromatic rings. The third-order valence-corrected chi connectivity index (χ3v) is 2.32. The highest BCUT2D eigenvalue weighted by Gasteiger charge is 2.09. The lowest BCUT2D eigenvalue weighted by Crippen LogP contribution is -2.27. The van der Waals surface area contributed by atoms with Gasteiger partial charge in [0.05, 0.1) is 0 Å². The number of ether oxygens (including phenoxy) is 1. The summed E-state index contributed by atoms with van der Waals surface area (Å²) in [5, 5.41) is 2.78. The number of anilines is 1. The molecule has 0 aliphatic carbocycles. The second-order valence-electron chi connectivity index (χ2n) is 4.08. The SMILES string of the molecule is CCCOCCCNC(=O)c1cc(C)nc(NN)n1. The highest BCUT2D eigenvalue weighted by Crippen LogP contribution is 2.03. The molecule has 1 heterocycles. The number of rotatable bonds is 8. The van der Waals surface area contributed by atoms with Crippen LogP contribution in [0.3, 0.4) is 0 Å². The minimum Gasteiger partial charge on any atom is -0.381 e. The van der Waals surface area contributed by atoms with Gasteiger partial charge in [-0.15, -0.1) is 0 Å². The summed E-state index contributed by atoms with van der Waals surface area (Å²) >= 11 is 0. The number of carbonyl (C=O) groups excluding carboxylic acids is 1. The van der Waals surface area contributed by atoms with E-state index in [1.165, 1.54) is 0 Å². The number of carbonyl (C=O) groups is 1. The molecule has 106 valence electrons. The number of nitrogens with two attached hydrogens (primary N) is 1. The normalized spacial score (nSPS) is 10.3. The number of nitrogen functional groups attached to an aromatic ring is 1. The van der Waals surface area contributed by atoms with E-state index < -0.39 is 0 Å². The third kappa shape index (κ3) is 5.62. The fourth-order valence-electron chi connectivity index (χ4n) is 1.46. The van der Waals surface area contributed by atoms with E-state index in [0.717, 1.165) is 19.4 Å². The van der Waals surface area contributed by atoms with Crippen LogP contribution in [0.15, 0.2) is 6.07 Å². The number of hydrogen-bond donors (Lipinski definition) is 3. The van der Waals surface area contributed by atoms with Crippen LogP contribution < -0.4 is 16.6 Å². The molecule has 7 heteroatoms. The van der Waals surface area contributed by atoms with Gasteiger partial charge in [0.15, 0.2) is 0 Å². The van der Waals surface area contributed by atoms with Crippen molar-refractivity contribution in [1.82, 2.24) is 15.3 Å². The molecule has 1 aromatic heterocycles. The molecule has 0 saturated carbocycles. The third-order valence-electron chi connectivity index (χ3n) is 2.32. The van der Waals surface area contributed by atoms with Crippen molar-refractivity contribution in [3.8, 4) is 0 Å². The highest BCUT2D eigenvalue weighted by molar-refractivity contribution is 5.92. The zero-order chi connectivity index (χ0) is 14.1. The number of nitrogens with one attached hydrogen (secondary N) is 2. The van der Waals surface area contributed by atoms with Crippen molar-refractivity contribution in [2.75, 3.05) is 25.2 Å². The molecule has 0 aromatic carbocycles. The van der Waals surface area contributed by atoms with Gasteiger partial charge in [-0.05, 0) is 25.8 Å². The molecule has 7 nitrogen and oxygen atoms in total. The monoisotopic (exact) mass is 267 g/mol. The second-order valence-corrected chi connectivity index (χ2v) is 4.08. The first-order valence-electron chi connectivity index (χ1n) is 6.35. The Labute approximate surface area is 112 Å². The van der Waals surface area contributed by atoms with Crippen LogP contribution in [-0.4, -0.2) is 35.6 Å². The number of nitrogens with zero attached hydrogens (tertiary/aromatic N) is 2. The van der Waals surface area contributed by atoms with Crippen molar-refractivity contribution < 1.29 is 9.53 Å². The maximum atomic E-state index is 11.8. The molecule has 0 aliphatic rings. The van der Waals surface area contributed by atoms with Crippen molar-refractivity contribution in [1.29, 1.82) is 0 Å². The summed E-state index contributed by atoms with van der Waals surface area (Å²) in [6.45, 7) is 5.79. The van der Waals surface area contributed by atoms with Gasteiger partial charge in [-0.25, -0.2) is 15.8 Å². The quantitative estimate of drug-likeness (QED) is 0.362. The standard InChI is InChI=1S/C12H21N5O2/c1-3-6-19-7-4-5-14-11(18)10-8-9(2)15-12(16-10)17-13/h8H,3-7,13H2,1-2H3,(H,14,18)(H,15,16,17). The van der Waals surface area contributed by atoms with Crippen LogP contribution in [0.5, 0.6) is 0 Å². The van der Waals surface area contributed by atoms with Gasteiger partial charge in [-0.1, -0.05) is 6.92 Å². The maximum Gasteiger partial charge on any atom is 0.270 e. The van der Waals surface area contributed by atoms with E-state index in [2.05, 4.69) is 27.6 Å². The molecule has 0 unspecified atom stereocenters.